The van der Waals surface area contributed by atoms with Crippen molar-refractivity contribution in [1.29, 1.82) is 0 Å². The maximum absolute atomic E-state index is 13.3. The van der Waals surface area contributed by atoms with E-state index in [0.717, 1.165) is 12.8 Å². The number of hydrogen-bond donors (Lipinski definition) is 1. The second-order valence-electron chi connectivity index (χ2n) is 8.33. The molecule has 0 spiro atoms. The number of nitrogens with zero attached hydrogens (tertiary/aromatic N) is 3. The van der Waals surface area contributed by atoms with Crippen molar-refractivity contribution in [2.24, 2.45) is 11.8 Å². The van der Waals surface area contributed by atoms with Gasteiger partial charge in [-0.3, -0.25) is 9.59 Å². The van der Waals surface area contributed by atoms with Gasteiger partial charge < -0.3 is 15.0 Å². The van der Waals surface area contributed by atoms with E-state index in [1.807, 2.05) is 13.8 Å². The topological polar surface area (TPSA) is 84.4 Å². The minimum absolute atomic E-state index is 0.00416. The molecule has 1 aliphatic heterocycles. The molecule has 9 heteroatoms. The number of carbonyl (C=O) groups excluding carboxylic acids is 2. The smallest absolute Gasteiger partial charge is 0.282 e. The molecular formula is C20H28F2N4O3. The SMILES string of the molecule is CCC(=O)[C@H](CC(C)C)NC(=O)c1cnc(N2CC(F)(F)C2)c(OCC2CC2)n1. The van der Waals surface area contributed by atoms with E-state index >= 15 is 0 Å². The fraction of sp³-hybridized carbons (Fsp3) is 0.700. The molecule has 1 aliphatic carbocycles. The number of ketones is 1. The Kier molecular flexibility index (Phi) is 6.33. The number of alkyl halides is 2. The molecule has 1 N–H and O–H groups in total. The van der Waals surface area contributed by atoms with Crippen molar-refractivity contribution in [3.63, 3.8) is 0 Å². The van der Waals surface area contributed by atoms with Crippen LogP contribution in [0.25, 0.3) is 0 Å². The predicted molar refractivity (Wildman–Crippen MR) is 103 cm³/mol. The molecule has 1 atom stereocenters. The van der Waals surface area contributed by atoms with Crippen LogP contribution in [0.2, 0.25) is 0 Å². The minimum Gasteiger partial charge on any atom is -0.475 e. The summed E-state index contributed by atoms with van der Waals surface area (Å²) in [4.78, 5) is 34.6. The quantitative estimate of drug-likeness (QED) is 0.639. The first kappa shape index (κ1) is 21.4. The zero-order valence-electron chi connectivity index (χ0n) is 17.1. The van der Waals surface area contributed by atoms with Crippen molar-refractivity contribution >= 4 is 17.5 Å². The Balaban J connectivity index is 1.76. The van der Waals surface area contributed by atoms with E-state index in [1.165, 1.54) is 11.1 Å². The molecule has 29 heavy (non-hydrogen) atoms. The molecule has 1 aromatic rings. The molecule has 1 aromatic heterocycles. The summed E-state index contributed by atoms with van der Waals surface area (Å²) in [5.74, 6) is -2.37. The maximum Gasteiger partial charge on any atom is 0.282 e. The Bertz CT molecular complexity index is 760. The van der Waals surface area contributed by atoms with Gasteiger partial charge in [0.05, 0.1) is 31.9 Å². The summed E-state index contributed by atoms with van der Waals surface area (Å²) in [5.41, 5.74) is 0.00416. The van der Waals surface area contributed by atoms with E-state index in [1.54, 1.807) is 6.92 Å². The van der Waals surface area contributed by atoms with Gasteiger partial charge in [-0.05, 0) is 31.1 Å². The van der Waals surface area contributed by atoms with Crippen LogP contribution in [0.4, 0.5) is 14.6 Å². The van der Waals surface area contributed by atoms with Gasteiger partial charge in [0.2, 0.25) is 0 Å². The number of Topliss-reactive ketones (excluding diaryl/α,β-unsaturated/α-hetero) is 1. The summed E-state index contributed by atoms with van der Waals surface area (Å²) in [7, 11) is 0. The Morgan fingerprint density at radius 1 is 1.34 bits per heavy atom. The molecule has 2 fully saturated rings. The van der Waals surface area contributed by atoms with Crippen molar-refractivity contribution in [3.05, 3.63) is 11.9 Å². The van der Waals surface area contributed by atoms with E-state index in [0.29, 0.717) is 25.4 Å². The number of ether oxygens (including phenoxy) is 1. The monoisotopic (exact) mass is 410 g/mol. The zero-order chi connectivity index (χ0) is 21.2. The number of nitrogens with one attached hydrogen (secondary N) is 1. The van der Waals surface area contributed by atoms with E-state index in [9.17, 15) is 18.4 Å². The summed E-state index contributed by atoms with van der Waals surface area (Å²) in [6.45, 7) is 5.22. The van der Waals surface area contributed by atoms with Gasteiger partial charge in [-0.25, -0.2) is 18.7 Å². The van der Waals surface area contributed by atoms with Gasteiger partial charge in [-0.15, -0.1) is 0 Å². The minimum atomic E-state index is -2.75. The third-order valence-electron chi connectivity index (χ3n) is 5.00. The molecule has 0 aromatic carbocycles. The highest BCUT2D eigenvalue weighted by atomic mass is 19.3. The number of anilines is 1. The van der Waals surface area contributed by atoms with Gasteiger partial charge in [0.15, 0.2) is 17.3 Å². The Morgan fingerprint density at radius 3 is 2.59 bits per heavy atom. The summed E-state index contributed by atoms with van der Waals surface area (Å²) in [6.07, 6.45) is 4.20. The number of rotatable bonds is 10. The third kappa shape index (κ3) is 5.61. The lowest BCUT2D eigenvalue weighted by Crippen LogP contribution is -2.56. The van der Waals surface area contributed by atoms with Crippen LogP contribution < -0.4 is 15.0 Å². The Morgan fingerprint density at radius 2 is 2.03 bits per heavy atom. The second-order valence-corrected chi connectivity index (χ2v) is 8.33. The van der Waals surface area contributed by atoms with Gasteiger partial charge in [-0.1, -0.05) is 20.8 Å². The summed E-state index contributed by atoms with van der Waals surface area (Å²) < 4.78 is 32.2. The van der Waals surface area contributed by atoms with Gasteiger partial charge in [0.1, 0.15) is 0 Å². The van der Waals surface area contributed by atoms with Gasteiger partial charge >= 0.3 is 0 Å². The average Bonchev–Trinajstić information content (AvgIpc) is 3.47. The van der Waals surface area contributed by atoms with Crippen LogP contribution in [0.15, 0.2) is 6.20 Å². The first-order chi connectivity index (χ1) is 13.7. The highest BCUT2D eigenvalue weighted by Gasteiger charge is 2.46. The normalized spacial score (nSPS) is 18.9. The molecule has 0 radical (unpaired) electrons. The lowest BCUT2D eigenvalue weighted by atomic mass is 9.99. The predicted octanol–water partition coefficient (Wildman–Crippen LogP) is 2.84. The lowest BCUT2D eigenvalue weighted by Gasteiger charge is -2.39. The van der Waals surface area contributed by atoms with E-state index in [2.05, 4.69) is 15.3 Å². The van der Waals surface area contributed by atoms with Gasteiger partial charge in [0.25, 0.3) is 17.7 Å². The molecule has 1 saturated heterocycles. The molecule has 1 amide bonds. The molecule has 160 valence electrons. The molecule has 1 saturated carbocycles. The number of halogens is 2. The second kappa shape index (κ2) is 8.59. The molecule has 0 bridgehead atoms. The van der Waals surface area contributed by atoms with Crippen molar-refractivity contribution < 1.29 is 23.1 Å². The van der Waals surface area contributed by atoms with Crippen molar-refractivity contribution in [2.45, 2.75) is 58.4 Å². The molecule has 3 rings (SSSR count). The first-order valence-corrected chi connectivity index (χ1v) is 10.1. The highest BCUT2D eigenvalue weighted by molar-refractivity contribution is 5.96. The van der Waals surface area contributed by atoms with Gasteiger partial charge in [-0.2, -0.15) is 0 Å². The van der Waals surface area contributed by atoms with Crippen LogP contribution in [0, 0.1) is 11.8 Å². The Hall–Kier alpha value is -2.32. The average molecular weight is 410 g/mol. The number of amides is 1. The fourth-order valence-electron chi connectivity index (χ4n) is 3.15. The van der Waals surface area contributed by atoms with Crippen LogP contribution in [-0.2, 0) is 4.79 Å². The van der Waals surface area contributed by atoms with E-state index < -0.39 is 31.0 Å². The van der Waals surface area contributed by atoms with E-state index in [-0.39, 0.29) is 29.1 Å². The van der Waals surface area contributed by atoms with E-state index in [4.69, 9.17) is 4.74 Å². The van der Waals surface area contributed by atoms with Crippen LogP contribution >= 0.6 is 0 Å². The van der Waals surface area contributed by atoms with Crippen LogP contribution in [-0.4, -0.2) is 53.3 Å². The zero-order valence-corrected chi connectivity index (χ0v) is 17.1. The molecule has 0 unspecified atom stereocenters. The van der Waals surface area contributed by atoms with Crippen molar-refractivity contribution in [2.75, 3.05) is 24.6 Å². The lowest BCUT2D eigenvalue weighted by molar-refractivity contribution is -0.120. The molecule has 2 heterocycles. The number of aromatic nitrogens is 2. The highest BCUT2D eigenvalue weighted by Crippen LogP contribution is 2.36. The van der Waals surface area contributed by atoms with Crippen molar-refractivity contribution in [3.8, 4) is 5.88 Å². The fourth-order valence-corrected chi connectivity index (χ4v) is 3.15. The summed E-state index contributed by atoms with van der Waals surface area (Å²) in [5, 5.41) is 2.73. The number of hydrogen-bond acceptors (Lipinski definition) is 6. The van der Waals surface area contributed by atoms with Crippen molar-refractivity contribution in [1.82, 2.24) is 15.3 Å². The third-order valence-corrected chi connectivity index (χ3v) is 5.00. The first-order valence-electron chi connectivity index (χ1n) is 10.1. The molecule has 2 aliphatic rings. The molecular weight excluding hydrogens is 382 g/mol. The molecule has 7 nitrogen and oxygen atoms in total. The standard InChI is InChI=1S/C20H28F2N4O3/c1-4-16(27)14(7-12(2)3)24-18(28)15-8-23-17(26-10-20(21,22)11-26)19(25-15)29-9-13-5-6-13/h8,12-14H,4-7,9-11H2,1-3H3,(H,24,28)/t14-/m0/s1. The summed E-state index contributed by atoms with van der Waals surface area (Å²) in [6, 6.07) is -0.598. The number of carbonyl (C=O) groups is 2. The van der Waals surface area contributed by atoms with Crippen LogP contribution in [0.5, 0.6) is 5.88 Å². The largest absolute Gasteiger partial charge is 0.475 e. The van der Waals surface area contributed by atoms with Crippen LogP contribution in [0.1, 0.15) is 56.9 Å². The Labute approximate surface area is 169 Å². The summed E-state index contributed by atoms with van der Waals surface area (Å²) >= 11 is 0. The van der Waals surface area contributed by atoms with Crippen LogP contribution in [0.3, 0.4) is 0 Å². The maximum atomic E-state index is 13.3. The van der Waals surface area contributed by atoms with Gasteiger partial charge in [0, 0.05) is 6.42 Å².